The number of carboxylic acids is 1. The largest absolute Gasteiger partial charge is 0.478 e. The summed E-state index contributed by atoms with van der Waals surface area (Å²) in [5.74, 6) is -2.34. The standard InChI is InChI=1S/C7H8BrFO3/c8-7(9,6(11)12)4-1-2-5(10)3-4/h4H,1-3H2,(H,11,12). The molecule has 0 bridgehead atoms. The molecule has 5 heteroatoms. The molecule has 1 aliphatic carbocycles. The molecule has 2 atom stereocenters. The normalized spacial score (nSPS) is 28.5. The average Bonchev–Trinajstić information content (AvgIpc) is 2.35. The molecule has 0 heterocycles. The van der Waals surface area contributed by atoms with Crippen LogP contribution in [0.2, 0.25) is 0 Å². The van der Waals surface area contributed by atoms with E-state index >= 15 is 0 Å². The first kappa shape index (κ1) is 9.64. The van der Waals surface area contributed by atoms with Gasteiger partial charge in [0.15, 0.2) is 0 Å². The summed E-state index contributed by atoms with van der Waals surface area (Å²) in [5.41, 5.74) is 0. The predicted molar refractivity (Wildman–Crippen MR) is 42.7 cm³/mol. The maximum atomic E-state index is 13.3. The summed E-state index contributed by atoms with van der Waals surface area (Å²) in [7, 11) is 0. The summed E-state index contributed by atoms with van der Waals surface area (Å²) in [5, 5.41) is 8.45. The Morgan fingerprint density at radius 2 is 2.33 bits per heavy atom. The molecule has 12 heavy (non-hydrogen) atoms. The molecule has 1 aliphatic rings. The van der Waals surface area contributed by atoms with Gasteiger partial charge in [-0.3, -0.25) is 4.79 Å². The third-order valence-corrected chi connectivity index (χ3v) is 3.03. The molecular formula is C7H8BrFO3. The second kappa shape index (κ2) is 3.12. The van der Waals surface area contributed by atoms with Crippen molar-refractivity contribution in [1.29, 1.82) is 0 Å². The van der Waals surface area contributed by atoms with Crippen molar-refractivity contribution in [2.75, 3.05) is 0 Å². The molecule has 2 unspecified atom stereocenters. The summed E-state index contributed by atoms with van der Waals surface area (Å²) in [6.45, 7) is 0. The van der Waals surface area contributed by atoms with Gasteiger partial charge in [-0.2, -0.15) is 0 Å². The van der Waals surface area contributed by atoms with Crippen molar-refractivity contribution in [3.63, 3.8) is 0 Å². The van der Waals surface area contributed by atoms with Crippen LogP contribution in [0.4, 0.5) is 4.39 Å². The molecule has 0 aromatic heterocycles. The summed E-state index contributed by atoms with van der Waals surface area (Å²) in [4.78, 5) is 21.1. The predicted octanol–water partition coefficient (Wildman–Crippen LogP) is 1.50. The molecule has 1 fully saturated rings. The number of aliphatic carboxylic acids is 1. The number of rotatable bonds is 2. The highest BCUT2D eigenvalue weighted by Gasteiger charge is 2.47. The van der Waals surface area contributed by atoms with Crippen molar-refractivity contribution >= 4 is 27.7 Å². The van der Waals surface area contributed by atoms with Gasteiger partial charge in [0, 0.05) is 18.8 Å². The monoisotopic (exact) mass is 238 g/mol. The van der Waals surface area contributed by atoms with E-state index in [1.807, 2.05) is 0 Å². The highest BCUT2D eigenvalue weighted by Crippen LogP contribution is 2.39. The lowest BCUT2D eigenvalue weighted by molar-refractivity contribution is -0.146. The molecule has 1 N–H and O–H groups in total. The number of alkyl halides is 2. The zero-order valence-corrected chi connectivity index (χ0v) is 7.80. The van der Waals surface area contributed by atoms with Crippen LogP contribution < -0.4 is 0 Å². The first-order valence-corrected chi connectivity index (χ1v) is 4.37. The van der Waals surface area contributed by atoms with Gasteiger partial charge in [-0.05, 0) is 22.4 Å². The summed E-state index contributed by atoms with van der Waals surface area (Å²) >= 11 is 2.48. The van der Waals surface area contributed by atoms with E-state index in [2.05, 4.69) is 15.9 Å². The van der Waals surface area contributed by atoms with Crippen molar-refractivity contribution in [2.24, 2.45) is 5.92 Å². The van der Waals surface area contributed by atoms with Gasteiger partial charge in [0.1, 0.15) is 5.78 Å². The maximum Gasteiger partial charge on any atom is 0.353 e. The van der Waals surface area contributed by atoms with Crippen molar-refractivity contribution in [3.05, 3.63) is 0 Å². The number of carboxylic acid groups (broad SMARTS) is 1. The Balaban J connectivity index is 2.70. The zero-order valence-electron chi connectivity index (χ0n) is 6.22. The smallest absolute Gasteiger partial charge is 0.353 e. The average molecular weight is 239 g/mol. The minimum atomic E-state index is -2.43. The number of hydrogen-bond acceptors (Lipinski definition) is 2. The van der Waals surface area contributed by atoms with Crippen LogP contribution in [-0.2, 0) is 9.59 Å². The topological polar surface area (TPSA) is 54.4 Å². The van der Waals surface area contributed by atoms with E-state index in [0.717, 1.165) is 0 Å². The van der Waals surface area contributed by atoms with Crippen LogP contribution in [-0.4, -0.2) is 21.4 Å². The molecule has 1 rings (SSSR count). The van der Waals surface area contributed by atoms with Gasteiger partial charge in [-0.1, -0.05) is 0 Å². The SMILES string of the molecule is O=C1CCC(C(F)(Br)C(=O)O)C1. The van der Waals surface area contributed by atoms with Gasteiger partial charge in [0.05, 0.1) is 0 Å². The van der Waals surface area contributed by atoms with Crippen LogP contribution in [0.1, 0.15) is 19.3 Å². The van der Waals surface area contributed by atoms with Crippen molar-refractivity contribution in [1.82, 2.24) is 0 Å². The lowest BCUT2D eigenvalue weighted by atomic mass is 10.0. The maximum absolute atomic E-state index is 13.3. The molecule has 3 nitrogen and oxygen atoms in total. The fourth-order valence-electron chi connectivity index (χ4n) is 1.30. The minimum Gasteiger partial charge on any atom is -0.478 e. The molecule has 0 saturated heterocycles. The van der Waals surface area contributed by atoms with Gasteiger partial charge in [-0.25, -0.2) is 9.18 Å². The van der Waals surface area contributed by atoms with E-state index in [-0.39, 0.29) is 18.6 Å². The van der Waals surface area contributed by atoms with Gasteiger partial charge in [0.25, 0.3) is 4.58 Å². The van der Waals surface area contributed by atoms with Gasteiger partial charge in [0.2, 0.25) is 0 Å². The molecule has 0 spiro atoms. The van der Waals surface area contributed by atoms with Crippen molar-refractivity contribution < 1.29 is 19.1 Å². The Bertz CT molecular complexity index is 227. The van der Waals surface area contributed by atoms with Crippen molar-refractivity contribution in [3.8, 4) is 0 Å². The van der Waals surface area contributed by atoms with Gasteiger partial charge < -0.3 is 5.11 Å². The first-order valence-electron chi connectivity index (χ1n) is 3.57. The fraction of sp³-hybridized carbons (Fsp3) is 0.714. The lowest BCUT2D eigenvalue weighted by Crippen LogP contribution is -2.34. The number of carbonyl (C=O) groups excluding carboxylic acids is 1. The third kappa shape index (κ3) is 1.65. The van der Waals surface area contributed by atoms with E-state index in [0.29, 0.717) is 6.42 Å². The Hall–Kier alpha value is -0.450. The highest BCUT2D eigenvalue weighted by atomic mass is 79.9. The Kier molecular flexibility index (Phi) is 2.51. The van der Waals surface area contributed by atoms with Gasteiger partial charge >= 0.3 is 5.97 Å². The third-order valence-electron chi connectivity index (χ3n) is 2.04. The van der Waals surface area contributed by atoms with E-state index in [1.54, 1.807) is 0 Å². The first-order chi connectivity index (χ1) is 5.44. The van der Waals surface area contributed by atoms with Crippen LogP contribution >= 0.6 is 15.9 Å². The van der Waals surface area contributed by atoms with Crippen LogP contribution in [0.25, 0.3) is 0 Å². The minimum absolute atomic E-state index is 0.0219. The molecule has 68 valence electrons. The van der Waals surface area contributed by atoms with E-state index in [1.165, 1.54) is 0 Å². The fourth-order valence-corrected chi connectivity index (χ4v) is 1.69. The quantitative estimate of drug-likeness (QED) is 0.743. The molecule has 0 amide bonds. The summed E-state index contributed by atoms with van der Waals surface area (Å²) < 4.78 is 10.8. The number of hydrogen-bond donors (Lipinski definition) is 1. The number of ketones is 1. The number of Topliss-reactive ketones (excluding diaryl/α,β-unsaturated/α-hetero) is 1. The molecule has 0 aromatic rings. The second-order valence-electron chi connectivity index (χ2n) is 2.91. The molecular weight excluding hydrogens is 231 g/mol. The molecule has 0 aliphatic heterocycles. The van der Waals surface area contributed by atoms with Crippen LogP contribution in [0.15, 0.2) is 0 Å². The molecule has 0 radical (unpaired) electrons. The van der Waals surface area contributed by atoms with Crippen molar-refractivity contribution in [2.45, 2.75) is 23.8 Å². The molecule has 0 aromatic carbocycles. The second-order valence-corrected chi connectivity index (χ2v) is 4.06. The summed E-state index contributed by atoms with van der Waals surface area (Å²) in [6.07, 6.45) is 0.621. The Morgan fingerprint density at radius 3 is 2.67 bits per heavy atom. The van der Waals surface area contributed by atoms with Gasteiger partial charge in [-0.15, -0.1) is 0 Å². The Labute approximate surface area is 77.1 Å². The van der Waals surface area contributed by atoms with E-state index < -0.39 is 16.5 Å². The zero-order chi connectivity index (χ0) is 9.35. The Morgan fingerprint density at radius 1 is 1.75 bits per heavy atom. The molecule has 1 saturated carbocycles. The lowest BCUT2D eigenvalue weighted by Gasteiger charge is -2.18. The van der Waals surface area contributed by atoms with E-state index in [4.69, 9.17) is 5.11 Å². The number of carbonyl (C=O) groups is 2. The number of halogens is 2. The highest BCUT2D eigenvalue weighted by molar-refractivity contribution is 9.10. The summed E-state index contributed by atoms with van der Waals surface area (Å²) in [6, 6.07) is 0. The van der Waals surface area contributed by atoms with Crippen LogP contribution in [0, 0.1) is 5.92 Å². The van der Waals surface area contributed by atoms with Crippen LogP contribution in [0.3, 0.4) is 0 Å². The van der Waals surface area contributed by atoms with Crippen LogP contribution in [0.5, 0.6) is 0 Å². The van der Waals surface area contributed by atoms with E-state index in [9.17, 15) is 14.0 Å².